The maximum atomic E-state index is 11.4. The van der Waals surface area contributed by atoms with Crippen molar-refractivity contribution < 1.29 is 9.90 Å². The Labute approximate surface area is 125 Å². The summed E-state index contributed by atoms with van der Waals surface area (Å²) in [5.74, 6) is 1.57. The Bertz CT molecular complexity index is 903. The molecule has 0 aliphatic carbocycles. The zero-order valence-electron chi connectivity index (χ0n) is 11.3. The van der Waals surface area contributed by atoms with Gasteiger partial charge in [-0.05, 0) is 36.8 Å². The molecular formula is C17H11NO2S. The van der Waals surface area contributed by atoms with Gasteiger partial charge >= 0.3 is 5.97 Å². The van der Waals surface area contributed by atoms with E-state index in [1.54, 1.807) is 29.5 Å². The van der Waals surface area contributed by atoms with Gasteiger partial charge in [0.25, 0.3) is 0 Å². The Hall–Kier alpha value is -2.64. The van der Waals surface area contributed by atoms with Crippen LogP contribution >= 0.6 is 11.3 Å². The summed E-state index contributed by atoms with van der Waals surface area (Å²) >= 11 is 1.61. The van der Waals surface area contributed by atoms with Gasteiger partial charge in [-0.2, -0.15) is 0 Å². The first-order valence-corrected chi connectivity index (χ1v) is 7.12. The van der Waals surface area contributed by atoms with E-state index in [1.807, 2.05) is 25.1 Å². The van der Waals surface area contributed by atoms with Crippen LogP contribution in [0.4, 0.5) is 0 Å². The highest BCUT2D eigenvalue weighted by Crippen LogP contribution is 2.31. The molecule has 3 rings (SSSR count). The number of aromatic nitrogens is 1. The zero-order valence-corrected chi connectivity index (χ0v) is 12.1. The van der Waals surface area contributed by atoms with Gasteiger partial charge in [0.1, 0.15) is 0 Å². The molecule has 0 saturated heterocycles. The van der Waals surface area contributed by atoms with Gasteiger partial charge in [0.15, 0.2) is 0 Å². The number of aromatic carboxylic acids is 1. The van der Waals surface area contributed by atoms with Crippen LogP contribution in [0.1, 0.15) is 20.9 Å². The standard InChI is InChI=1S/C17H11NO2S/c1-3-11-5-4-6-13(17(19)20)16(11)12-7-8-15-14(9-12)18-10(2)21-15/h1,4-9H,2H3,(H,19,20). The van der Waals surface area contributed by atoms with E-state index in [9.17, 15) is 9.90 Å². The molecule has 0 spiro atoms. The van der Waals surface area contributed by atoms with E-state index in [4.69, 9.17) is 6.42 Å². The summed E-state index contributed by atoms with van der Waals surface area (Å²) in [6.07, 6.45) is 5.52. The number of benzene rings is 2. The molecule has 1 aromatic heterocycles. The van der Waals surface area contributed by atoms with Gasteiger partial charge in [0, 0.05) is 11.1 Å². The number of rotatable bonds is 2. The van der Waals surface area contributed by atoms with Crippen LogP contribution in [0.5, 0.6) is 0 Å². The Morgan fingerprint density at radius 2 is 2.14 bits per heavy atom. The quantitative estimate of drug-likeness (QED) is 0.728. The second-order valence-corrected chi connectivity index (χ2v) is 5.83. The van der Waals surface area contributed by atoms with Crippen molar-refractivity contribution in [2.24, 2.45) is 0 Å². The fraction of sp³-hybridized carbons (Fsp3) is 0.0588. The maximum absolute atomic E-state index is 11.4. The van der Waals surface area contributed by atoms with E-state index in [-0.39, 0.29) is 5.56 Å². The third-order valence-electron chi connectivity index (χ3n) is 3.23. The minimum Gasteiger partial charge on any atom is -0.478 e. The number of hydrogen-bond donors (Lipinski definition) is 1. The SMILES string of the molecule is C#Cc1cccc(C(=O)O)c1-c1ccc2sc(C)nc2c1. The van der Waals surface area contributed by atoms with Gasteiger partial charge in [-0.3, -0.25) is 0 Å². The van der Waals surface area contributed by atoms with Gasteiger partial charge in [-0.1, -0.05) is 18.1 Å². The molecule has 0 bridgehead atoms. The van der Waals surface area contributed by atoms with Crippen LogP contribution in [0.15, 0.2) is 36.4 Å². The summed E-state index contributed by atoms with van der Waals surface area (Å²) in [5, 5.41) is 10.4. The minimum atomic E-state index is -0.989. The first kappa shape index (κ1) is 13.3. The van der Waals surface area contributed by atoms with E-state index < -0.39 is 5.97 Å². The first-order chi connectivity index (χ1) is 10.1. The Kier molecular flexibility index (Phi) is 3.20. The number of aryl methyl sites for hydroxylation is 1. The van der Waals surface area contributed by atoms with Crippen LogP contribution in [0.2, 0.25) is 0 Å². The molecule has 1 heterocycles. The lowest BCUT2D eigenvalue weighted by molar-refractivity contribution is 0.0697. The smallest absolute Gasteiger partial charge is 0.336 e. The van der Waals surface area contributed by atoms with Crippen molar-refractivity contribution in [3.05, 3.63) is 52.5 Å². The molecule has 0 fully saturated rings. The predicted molar refractivity (Wildman–Crippen MR) is 84.7 cm³/mol. The number of carboxylic acid groups (broad SMARTS) is 1. The van der Waals surface area contributed by atoms with Crippen molar-refractivity contribution in [3.8, 4) is 23.5 Å². The Morgan fingerprint density at radius 3 is 2.86 bits per heavy atom. The second kappa shape index (κ2) is 5.04. The predicted octanol–water partition coefficient (Wildman–Crippen LogP) is 3.95. The van der Waals surface area contributed by atoms with Crippen molar-refractivity contribution in [3.63, 3.8) is 0 Å². The summed E-state index contributed by atoms with van der Waals surface area (Å²) in [7, 11) is 0. The summed E-state index contributed by atoms with van der Waals surface area (Å²) in [4.78, 5) is 15.9. The van der Waals surface area contributed by atoms with E-state index in [2.05, 4.69) is 10.9 Å². The highest BCUT2D eigenvalue weighted by atomic mass is 32.1. The molecule has 0 atom stereocenters. The molecule has 0 aliphatic rings. The molecule has 3 aromatic rings. The lowest BCUT2D eigenvalue weighted by atomic mass is 9.94. The average molecular weight is 293 g/mol. The largest absolute Gasteiger partial charge is 0.478 e. The summed E-state index contributed by atoms with van der Waals surface area (Å²) in [6.45, 7) is 1.95. The molecule has 0 aliphatic heterocycles. The van der Waals surface area contributed by atoms with Gasteiger partial charge < -0.3 is 5.11 Å². The molecular weight excluding hydrogens is 282 g/mol. The summed E-state index contributed by atoms with van der Waals surface area (Å²) < 4.78 is 1.08. The zero-order chi connectivity index (χ0) is 15.0. The Balaban J connectivity index is 2.31. The normalized spacial score (nSPS) is 10.5. The van der Waals surface area contributed by atoms with Crippen molar-refractivity contribution in [2.45, 2.75) is 6.92 Å². The van der Waals surface area contributed by atoms with Crippen molar-refractivity contribution in [2.75, 3.05) is 0 Å². The van der Waals surface area contributed by atoms with Crippen LogP contribution in [0, 0.1) is 19.3 Å². The number of thiazole rings is 1. The molecule has 0 radical (unpaired) electrons. The first-order valence-electron chi connectivity index (χ1n) is 6.30. The minimum absolute atomic E-state index is 0.205. The fourth-order valence-corrected chi connectivity index (χ4v) is 3.17. The molecule has 0 amide bonds. The van der Waals surface area contributed by atoms with E-state index in [0.29, 0.717) is 11.1 Å². The van der Waals surface area contributed by atoms with E-state index >= 15 is 0 Å². The summed E-state index contributed by atoms with van der Waals surface area (Å²) in [5.41, 5.74) is 2.98. The molecule has 2 aromatic carbocycles. The fourth-order valence-electron chi connectivity index (χ4n) is 2.36. The topological polar surface area (TPSA) is 50.2 Å². The number of nitrogens with zero attached hydrogens (tertiary/aromatic N) is 1. The number of carboxylic acids is 1. The molecule has 0 saturated carbocycles. The third kappa shape index (κ3) is 2.28. The van der Waals surface area contributed by atoms with Crippen LogP contribution < -0.4 is 0 Å². The van der Waals surface area contributed by atoms with Crippen LogP contribution in [0.3, 0.4) is 0 Å². The molecule has 4 heteroatoms. The molecule has 1 N–H and O–H groups in total. The third-order valence-corrected chi connectivity index (χ3v) is 4.19. The van der Waals surface area contributed by atoms with Gasteiger partial charge in [-0.15, -0.1) is 17.8 Å². The van der Waals surface area contributed by atoms with E-state index in [0.717, 1.165) is 20.8 Å². The average Bonchev–Trinajstić information content (AvgIpc) is 2.85. The molecule has 21 heavy (non-hydrogen) atoms. The van der Waals surface area contributed by atoms with Crippen molar-refractivity contribution in [1.29, 1.82) is 0 Å². The van der Waals surface area contributed by atoms with Gasteiger partial charge in [0.2, 0.25) is 0 Å². The molecule has 0 unspecified atom stereocenters. The maximum Gasteiger partial charge on any atom is 0.336 e. The number of fused-ring (bicyclic) bond motifs is 1. The van der Waals surface area contributed by atoms with Crippen LogP contribution in [-0.4, -0.2) is 16.1 Å². The number of terminal acetylenes is 1. The second-order valence-electron chi connectivity index (χ2n) is 4.59. The van der Waals surface area contributed by atoms with Gasteiger partial charge in [-0.25, -0.2) is 9.78 Å². The van der Waals surface area contributed by atoms with Crippen molar-refractivity contribution >= 4 is 27.5 Å². The monoisotopic (exact) mass is 293 g/mol. The van der Waals surface area contributed by atoms with Crippen molar-refractivity contribution in [1.82, 2.24) is 4.98 Å². The number of carbonyl (C=O) groups is 1. The Morgan fingerprint density at radius 1 is 1.33 bits per heavy atom. The van der Waals surface area contributed by atoms with Crippen LogP contribution in [0.25, 0.3) is 21.3 Å². The lowest BCUT2D eigenvalue weighted by Crippen LogP contribution is -2.01. The molecule has 102 valence electrons. The number of hydrogen-bond acceptors (Lipinski definition) is 3. The molecule has 3 nitrogen and oxygen atoms in total. The van der Waals surface area contributed by atoms with Gasteiger partial charge in [0.05, 0.1) is 20.8 Å². The van der Waals surface area contributed by atoms with E-state index in [1.165, 1.54) is 0 Å². The summed E-state index contributed by atoms with van der Waals surface area (Å²) in [6, 6.07) is 10.7. The lowest BCUT2D eigenvalue weighted by Gasteiger charge is -2.09. The van der Waals surface area contributed by atoms with Crippen LogP contribution in [-0.2, 0) is 0 Å². The highest BCUT2D eigenvalue weighted by molar-refractivity contribution is 7.18. The highest BCUT2D eigenvalue weighted by Gasteiger charge is 2.15.